The molecule has 0 aromatic carbocycles. The predicted molar refractivity (Wildman–Crippen MR) is 61.2 cm³/mol. The normalized spacial score (nSPS) is 12.5. The molecule has 15 heavy (non-hydrogen) atoms. The first-order chi connectivity index (χ1) is 7.13. The number of aryl methyl sites for hydroxylation is 1. The van der Waals surface area contributed by atoms with Gasteiger partial charge in [0.05, 0.1) is 5.69 Å². The van der Waals surface area contributed by atoms with Crippen molar-refractivity contribution < 1.29 is 9.32 Å². The lowest BCUT2D eigenvalue weighted by molar-refractivity contribution is 0.0916. The molecular formula is C10H15BrN2O2. The van der Waals surface area contributed by atoms with Crippen LogP contribution in [-0.2, 0) is 0 Å². The van der Waals surface area contributed by atoms with Crippen molar-refractivity contribution in [2.24, 2.45) is 0 Å². The predicted octanol–water partition coefficient (Wildman–Crippen LogP) is 2.28. The molecular weight excluding hydrogens is 260 g/mol. The van der Waals surface area contributed by atoms with E-state index >= 15 is 0 Å². The van der Waals surface area contributed by atoms with Gasteiger partial charge in [-0.25, -0.2) is 0 Å². The van der Waals surface area contributed by atoms with Gasteiger partial charge in [-0.1, -0.05) is 28.0 Å². The lowest BCUT2D eigenvalue weighted by Gasteiger charge is -2.06. The molecule has 0 radical (unpaired) electrons. The molecule has 0 aliphatic carbocycles. The monoisotopic (exact) mass is 274 g/mol. The summed E-state index contributed by atoms with van der Waals surface area (Å²) in [6.07, 6.45) is 1.96. The van der Waals surface area contributed by atoms with E-state index in [0.29, 0.717) is 17.1 Å². The third-order valence-corrected chi connectivity index (χ3v) is 3.14. The molecule has 1 heterocycles. The van der Waals surface area contributed by atoms with Gasteiger partial charge in [0.15, 0.2) is 0 Å². The largest absolute Gasteiger partial charge is 0.351 e. The molecule has 0 fully saturated rings. The Labute approximate surface area is 97.5 Å². The SMILES string of the molecule is CCC(Br)CCNC(=O)c1cc(C)no1. The average Bonchev–Trinajstić information content (AvgIpc) is 2.64. The van der Waals surface area contributed by atoms with E-state index < -0.39 is 0 Å². The van der Waals surface area contributed by atoms with Crippen LogP contribution in [0.4, 0.5) is 0 Å². The molecule has 5 heteroatoms. The maximum Gasteiger partial charge on any atom is 0.289 e. The van der Waals surface area contributed by atoms with Crippen LogP contribution in [0.2, 0.25) is 0 Å². The molecule has 0 saturated heterocycles. The minimum Gasteiger partial charge on any atom is -0.351 e. The van der Waals surface area contributed by atoms with Crippen molar-refractivity contribution in [3.05, 3.63) is 17.5 Å². The fourth-order valence-electron chi connectivity index (χ4n) is 1.10. The maximum atomic E-state index is 11.5. The van der Waals surface area contributed by atoms with Crippen LogP contribution < -0.4 is 5.32 Å². The minimum absolute atomic E-state index is 0.202. The molecule has 1 rings (SSSR count). The van der Waals surface area contributed by atoms with Gasteiger partial charge in [-0.3, -0.25) is 4.79 Å². The van der Waals surface area contributed by atoms with Gasteiger partial charge in [-0.05, 0) is 19.8 Å². The van der Waals surface area contributed by atoms with Crippen LogP contribution in [0.5, 0.6) is 0 Å². The number of carbonyl (C=O) groups excluding carboxylic acids is 1. The summed E-state index contributed by atoms with van der Waals surface area (Å²) in [6, 6.07) is 1.63. The Morgan fingerprint density at radius 3 is 3.00 bits per heavy atom. The molecule has 1 atom stereocenters. The van der Waals surface area contributed by atoms with Crippen molar-refractivity contribution >= 4 is 21.8 Å². The van der Waals surface area contributed by atoms with Gasteiger partial charge in [0.1, 0.15) is 0 Å². The number of hydrogen-bond donors (Lipinski definition) is 1. The third kappa shape index (κ3) is 4.03. The van der Waals surface area contributed by atoms with Crippen LogP contribution in [0.15, 0.2) is 10.6 Å². The van der Waals surface area contributed by atoms with Crippen LogP contribution in [0.3, 0.4) is 0 Å². The van der Waals surface area contributed by atoms with Gasteiger partial charge >= 0.3 is 0 Å². The quantitative estimate of drug-likeness (QED) is 0.839. The number of nitrogens with one attached hydrogen (secondary N) is 1. The molecule has 84 valence electrons. The molecule has 0 aliphatic rings. The zero-order chi connectivity index (χ0) is 11.3. The van der Waals surface area contributed by atoms with Gasteiger partial charge in [0.25, 0.3) is 5.91 Å². The van der Waals surface area contributed by atoms with Gasteiger partial charge in [0, 0.05) is 17.4 Å². The highest BCUT2D eigenvalue weighted by Gasteiger charge is 2.11. The van der Waals surface area contributed by atoms with E-state index in [9.17, 15) is 4.79 Å². The Bertz CT molecular complexity index is 325. The Morgan fingerprint density at radius 1 is 1.73 bits per heavy atom. The molecule has 0 saturated carbocycles. The second-order valence-electron chi connectivity index (χ2n) is 3.38. The Morgan fingerprint density at radius 2 is 2.47 bits per heavy atom. The van der Waals surface area contributed by atoms with E-state index in [1.807, 2.05) is 0 Å². The molecule has 4 nitrogen and oxygen atoms in total. The summed E-state index contributed by atoms with van der Waals surface area (Å²) in [4.78, 5) is 11.9. The number of halogens is 1. The van der Waals surface area contributed by atoms with Crippen LogP contribution in [0, 0.1) is 6.92 Å². The van der Waals surface area contributed by atoms with E-state index in [2.05, 4.69) is 33.3 Å². The van der Waals surface area contributed by atoms with Crippen molar-refractivity contribution in [1.82, 2.24) is 10.5 Å². The summed E-state index contributed by atoms with van der Waals surface area (Å²) in [5.74, 6) is 0.0709. The molecule has 0 spiro atoms. The average molecular weight is 275 g/mol. The number of aromatic nitrogens is 1. The van der Waals surface area contributed by atoms with E-state index in [-0.39, 0.29) is 11.7 Å². The first kappa shape index (κ1) is 12.2. The maximum absolute atomic E-state index is 11.5. The zero-order valence-corrected chi connectivity index (χ0v) is 10.5. The van der Waals surface area contributed by atoms with Gasteiger partial charge < -0.3 is 9.84 Å². The summed E-state index contributed by atoms with van der Waals surface area (Å²) in [7, 11) is 0. The standard InChI is InChI=1S/C10H15BrN2O2/c1-3-8(11)4-5-12-10(14)9-6-7(2)13-15-9/h6,8H,3-5H2,1-2H3,(H,12,14). The Balaban J connectivity index is 2.31. The summed E-state index contributed by atoms with van der Waals surface area (Å²) in [6.45, 7) is 4.52. The molecule has 0 aliphatic heterocycles. The minimum atomic E-state index is -0.202. The van der Waals surface area contributed by atoms with Crippen molar-refractivity contribution in [3.8, 4) is 0 Å². The summed E-state index contributed by atoms with van der Waals surface area (Å²) >= 11 is 3.50. The highest BCUT2D eigenvalue weighted by Crippen LogP contribution is 2.08. The molecule has 1 N–H and O–H groups in total. The highest BCUT2D eigenvalue weighted by molar-refractivity contribution is 9.09. The first-order valence-corrected chi connectivity index (χ1v) is 5.90. The van der Waals surface area contributed by atoms with Gasteiger partial charge in [-0.15, -0.1) is 0 Å². The highest BCUT2D eigenvalue weighted by atomic mass is 79.9. The summed E-state index contributed by atoms with van der Waals surface area (Å²) in [5, 5.41) is 6.43. The fraction of sp³-hybridized carbons (Fsp3) is 0.600. The van der Waals surface area contributed by atoms with E-state index in [0.717, 1.165) is 12.8 Å². The van der Waals surface area contributed by atoms with Crippen LogP contribution in [0.1, 0.15) is 36.0 Å². The molecule has 1 aromatic rings. The Kier molecular flexibility index (Phi) is 4.81. The number of amides is 1. The number of rotatable bonds is 5. The zero-order valence-electron chi connectivity index (χ0n) is 8.92. The smallest absolute Gasteiger partial charge is 0.289 e. The molecule has 1 amide bonds. The van der Waals surface area contributed by atoms with Crippen LogP contribution >= 0.6 is 15.9 Å². The second-order valence-corrected chi connectivity index (χ2v) is 4.68. The van der Waals surface area contributed by atoms with E-state index in [4.69, 9.17) is 4.52 Å². The van der Waals surface area contributed by atoms with Crippen LogP contribution in [-0.4, -0.2) is 22.4 Å². The number of nitrogens with zero attached hydrogens (tertiary/aromatic N) is 1. The first-order valence-electron chi connectivity index (χ1n) is 4.99. The molecule has 1 unspecified atom stereocenters. The summed E-state index contributed by atoms with van der Waals surface area (Å²) < 4.78 is 4.84. The van der Waals surface area contributed by atoms with Crippen molar-refractivity contribution in [2.75, 3.05) is 6.54 Å². The Hall–Kier alpha value is -0.840. The van der Waals surface area contributed by atoms with Crippen molar-refractivity contribution in [2.45, 2.75) is 31.5 Å². The molecule has 0 bridgehead atoms. The third-order valence-electron chi connectivity index (χ3n) is 2.04. The molecule has 1 aromatic heterocycles. The number of carbonyl (C=O) groups is 1. The lowest BCUT2D eigenvalue weighted by atomic mass is 10.2. The second kappa shape index (κ2) is 5.90. The van der Waals surface area contributed by atoms with Gasteiger partial charge in [-0.2, -0.15) is 0 Å². The lowest BCUT2D eigenvalue weighted by Crippen LogP contribution is -2.25. The van der Waals surface area contributed by atoms with E-state index in [1.165, 1.54) is 0 Å². The topological polar surface area (TPSA) is 55.1 Å². The summed E-state index contributed by atoms with van der Waals surface area (Å²) in [5.41, 5.74) is 0.715. The van der Waals surface area contributed by atoms with Crippen molar-refractivity contribution in [1.29, 1.82) is 0 Å². The van der Waals surface area contributed by atoms with Gasteiger partial charge in [0.2, 0.25) is 5.76 Å². The fourth-order valence-corrected chi connectivity index (χ4v) is 1.33. The van der Waals surface area contributed by atoms with E-state index in [1.54, 1.807) is 13.0 Å². The number of alkyl halides is 1. The van der Waals surface area contributed by atoms with Crippen LogP contribution in [0.25, 0.3) is 0 Å². The van der Waals surface area contributed by atoms with Crippen molar-refractivity contribution in [3.63, 3.8) is 0 Å². The number of hydrogen-bond acceptors (Lipinski definition) is 3.